The summed E-state index contributed by atoms with van der Waals surface area (Å²) >= 11 is 5.08. The minimum atomic E-state index is -4.40. The van der Waals surface area contributed by atoms with Gasteiger partial charge in [0.05, 0.1) is 11.3 Å². The minimum absolute atomic E-state index is 0.0227. The van der Waals surface area contributed by atoms with E-state index >= 15 is 0 Å². The molecule has 7 heteroatoms. The fourth-order valence-corrected chi connectivity index (χ4v) is 2.73. The van der Waals surface area contributed by atoms with E-state index in [4.69, 9.17) is 12.2 Å². The quantitative estimate of drug-likeness (QED) is 0.826. The summed E-state index contributed by atoms with van der Waals surface area (Å²) in [5.41, 5.74) is -0.736. The molecule has 1 aromatic carbocycles. The van der Waals surface area contributed by atoms with E-state index in [1.165, 1.54) is 31.4 Å². The number of halogens is 3. The number of nitrogens with zero attached hydrogens (tertiary/aromatic N) is 1. The third-order valence-electron chi connectivity index (χ3n) is 3.64. The Hall–Kier alpha value is -1.34. The summed E-state index contributed by atoms with van der Waals surface area (Å²) in [5.74, 6) is 0. The van der Waals surface area contributed by atoms with Crippen LogP contribution in [0.25, 0.3) is 0 Å². The first-order valence-corrected chi connectivity index (χ1v) is 7.81. The van der Waals surface area contributed by atoms with Crippen LogP contribution in [0.15, 0.2) is 24.3 Å². The van der Waals surface area contributed by atoms with Crippen molar-refractivity contribution in [2.45, 2.75) is 25.4 Å². The molecule has 0 unspecified atom stereocenters. The van der Waals surface area contributed by atoms with Crippen molar-refractivity contribution in [3.63, 3.8) is 0 Å². The fourth-order valence-electron chi connectivity index (χ4n) is 2.52. The van der Waals surface area contributed by atoms with Gasteiger partial charge in [0.15, 0.2) is 5.11 Å². The molecular weight excluding hydrogens is 311 g/mol. The molecule has 0 amide bonds. The summed E-state index contributed by atoms with van der Waals surface area (Å²) < 4.78 is 38.6. The monoisotopic (exact) mass is 331 g/mol. The number of benzene rings is 1. The van der Waals surface area contributed by atoms with Crippen molar-refractivity contribution < 1.29 is 13.2 Å². The maximum absolute atomic E-state index is 12.9. The van der Waals surface area contributed by atoms with Crippen molar-refractivity contribution in [2.24, 2.45) is 0 Å². The van der Waals surface area contributed by atoms with Gasteiger partial charge in [-0.25, -0.2) is 0 Å². The van der Waals surface area contributed by atoms with E-state index in [1.807, 2.05) is 0 Å². The SMILES string of the molecule is FC(F)(F)c1ccccc1NC(=S)NCCN1CCCCC1. The molecule has 2 rings (SSSR count). The van der Waals surface area contributed by atoms with E-state index in [0.29, 0.717) is 6.54 Å². The largest absolute Gasteiger partial charge is 0.418 e. The molecule has 0 spiro atoms. The van der Waals surface area contributed by atoms with E-state index in [0.717, 1.165) is 25.7 Å². The first-order valence-electron chi connectivity index (χ1n) is 7.40. The molecule has 3 nitrogen and oxygen atoms in total. The lowest BCUT2D eigenvalue weighted by Crippen LogP contribution is -2.39. The van der Waals surface area contributed by atoms with Gasteiger partial charge in [-0.15, -0.1) is 0 Å². The van der Waals surface area contributed by atoms with E-state index in [9.17, 15) is 13.2 Å². The molecule has 0 aliphatic carbocycles. The maximum atomic E-state index is 12.9. The fraction of sp³-hybridized carbons (Fsp3) is 0.533. The molecule has 122 valence electrons. The highest BCUT2D eigenvalue weighted by molar-refractivity contribution is 7.80. The Balaban J connectivity index is 1.82. The van der Waals surface area contributed by atoms with Gasteiger partial charge < -0.3 is 15.5 Å². The van der Waals surface area contributed by atoms with Crippen LogP contribution in [-0.4, -0.2) is 36.2 Å². The van der Waals surface area contributed by atoms with E-state index in [2.05, 4.69) is 15.5 Å². The van der Waals surface area contributed by atoms with E-state index < -0.39 is 11.7 Å². The number of anilines is 1. The molecule has 22 heavy (non-hydrogen) atoms. The molecule has 1 fully saturated rings. The molecule has 1 aromatic rings. The summed E-state index contributed by atoms with van der Waals surface area (Å²) in [6.07, 6.45) is -0.700. The van der Waals surface area contributed by atoms with Crippen molar-refractivity contribution in [1.82, 2.24) is 10.2 Å². The van der Waals surface area contributed by atoms with Crippen LogP contribution in [0.2, 0.25) is 0 Å². The third-order valence-corrected chi connectivity index (χ3v) is 3.89. The van der Waals surface area contributed by atoms with Crippen LogP contribution < -0.4 is 10.6 Å². The van der Waals surface area contributed by atoms with Gasteiger partial charge in [-0.1, -0.05) is 18.6 Å². The van der Waals surface area contributed by atoms with Gasteiger partial charge >= 0.3 is 6.18 Å². The van der Waals surface area contributed by atoms with Crippen LogP contribution in [0, 0.1) is 0 Å². The van der Waals surface area contributed by atoms with Crippen LogP contribution in [0.5, 0.6) is 0 Å². The van der Waals surface area contributed by atoms with Crippen LogP contribution >= 0.6 is 12.2 Å². The zero-order chi connectivity index (χ0) is 16.0. The van der Waals surface area contributed by atoms with Gasteiger partial charge in [-0.05, 0) is 50.3 Å². The molecule has 0 atom stereocenters. The molecule has 1 heterocycles. The van der Waals surface area contributed by atoms with Crippen molar-refractivity contribution in [1.29, 1.82) is 0 Å². The van der Waals surface area contributed by atoms with Crippen molar-refractivity contribution >= 4 is 23.0 Å². The van der Waals surface area contributed by atoms with Gasteiger partial charge in [0.25, 0.3) is 0 Å². The molecular formula is C15H20F3N3S. The molecule has 1 aliphatic heterocycles. The van der Waals surface area contributed by atoms with E-state index in [-0.39, 0.29) is 10.8 Å². The molecule has 1 saturated heterocycles. The Kier molecular flexibility index (Phi) is 6.02. The summed E-state index contributed by atoms with van der Waals surface area (Å²) in [4.78, 5) is 2.34. The Morgan fingerprint density at radius 3 is 2.50 bits per heavy atom. The lowest BCUT2D eigenvalue weighted by Gasteiger charge is -2.26. The highest BCUT2D eigenvalue weighted by Crippen LogP contribution is 2.34. The second-order valence-corrected chi connectivity index (χ2v) is 5.73. The lowest BCUT2D eigenvalue weighted by molar-refractivity contribution is -0.136. The Morgan fingerprint density at radius 2 is 1.82 bits per heavy atom. The smallest absolute Gasteiger partial charge is 0.361 e. The molecule has 0 saturated carbocycles. The molecule has 0 aromatic heterocycles. The predicted octanol–water partition coefficient (Wildman–Crippen LogP) is 3.48. The third kappa shape index (κ3) is 5.14. The summed E-state index contributed by atoms with van der Waals surface area (Å²) in [6.45, 7) is 3.64. The average molecular weight is 331 g/mol. The zero-order valence-electron chi connectivity index (χ0n) is 12.2. The van der Waals surface area contributed by atoms with Gasteiger partial charge in [0, 0.05) is 13.1 Å². The highest BCUT2D eigenvalue weighted by Gasteiger charge is 2.33. The van der Waals surface area contributed by atoms with Crippen molar-refractivity contribution in [2.75, 3.05) is 31.5 Å². The Morgan fingerprint density at radius 1 is 1.14 bits per heavy atom. The summed E-state index contributed by atoms with van der Waals surface area (Å²) in [5, 5.41) is 5.82. The standard InChI is InChI=1S/C15H20F3N3S/c16-15(17,18)12-6-2-3-7-13(12)20-14(22)19-8-11-21-9-4-1-5-10-21/h2-3,6-7H,1,4-5,8-11H2,(H2,19,20,22). The maximum Gasteiger partial charge on any atom is 0.418 e. The number of alkyl halides is 3. The second kappa shape index (κ2) is 7.78. The first-order chi connectivity index (χ1) is 10.5. The zero-order valence-corrected chi connectivity index (χ0v) is 13.1. The average Bonchev–Trinajstić information content (AvgIpc) is 2.48. The highest BCUT2D eigenvalue weighted by atomic mass is 32.1. The number of nitrogens with one attached hydrogen (secondary N) is 2. The molecule has 0 bridgehead atoms. The molecule has 1 aliphatic rings. The van der Waals surface area contributed by atoms with Crippen LogP contribution in [0.1, 0.15) is 24.8 Å². The molecule has 2 N–H and O–H groups in total. The molecule has 0 radical (unpaired) electrons. The van der Waals surface area contributed by atoms with Crippen molar-refractivity contribution in [3.8, 4) is 0 Å². The number of rotatable bonds is 4. The van der Waals surface area contributed by atoms with Crippen LogP contribution in [-0.2, 0) is 6.18 Å². The Labute approximate surface area is 133 Å². The van der Waals surface area contributed by atoms with Crippen molar-refractivity contribution in [3.05, 3.63) is 29.8 Å². The number of hydrogen-bond donors (Lipinski definition) is 2. The van der Waals surface area contributed by atoms with Gasteiger partial charge in [0.1, 0.15) is 0 Å². The number of thiocarbonyl (C=S) groups is 1. The minimum Gasteiger partial charge on any atom is -0.361 e. The van der Waals surface area contributed by atoms with Crippen LogP contribution in [0.4, 0.5) is 18.9 Å². The topological polar surface area (TPSA) is 27.3 Å². The van der Waals surface area contributed by atoms with Crippen LogP contribution in [0.3, 0.4) is 0 Å². The number of para-hydroxylation sites is 1. The normalized spacial score (nSPS) is 16.3. The predicted molar refractivity (Wildman–Crippen MR) is 86.0 cm³/mol. The lowest BCUT2D eigenvalue weighted by atomic mass is 10.1. The first kappa shape index (κ1) is 17.0. The van der Waals surface area contributed by atoms with Gasteiger partial charge in [-0.3, -0.25) is 0 Å². The number of piperidine rings is 1. The Bertz CT molecular complexity index is 499. The number of hydrogen-bond acceptors (Lipinski definition) is 2. The second-order valence-electron chi connectivity index (χ2n) is 5.33. The summed E-state index contributed by atoms with van der Waals surface area (Å²) in [7, 11) is 0. The number of likely N-dealkylation sites (tertiary alicyclic amines) is 1. The summed E-state index contributed by atoms with van der Waals surface area (Å²) in [6, 6.07) is 5.33. The van der Waals surface area contributed by atoms with Gasteiger partial charge in [-0.2, -0.15) is 13.2 Å². The van der Waals surface area contributed by atoms with E-state index in [1.54, 1.807) is 6.07 Å². The van der Waals surface area contributed by atoms with Gasteiger partial charge in [0.2, 0.25) is 0 Å².